The van der Waals surface area contributed by atoms with Gasteiger partial charge in [0.05, 0.1) is 5.69 Å². The van der Waals surface area contributed by atoms with Crippen molar-refractivity contribution in [3.05, 3.63) is 46.6 Å². The molecule has 0 saturated carbocycles. The zero-order chi connectivity index (χ0) is 14.7. The smallest absolute Gasteiger partial charge is 0.161 e. The Morgan fingerprint density at radius 2 is 1.80 bits per heavy atom. The van der Waals surface area contributed by atoms with Crippen molar-refractivity contribution in [2.24, 2.45) is 0 Å². The predicted molar refractivity (Wildman–Crippen MR) is 70.6 cm³/mol. The van der Waals surface area contributed by atoms with Crippen LogP contribution in [0.4, 0.5) is 24.7 Å². The van der Waals surface area contributed by atoms with Gasteiger partial charge in [0.15, 0.2) is 11.6 Å². The highest BCUT2D eigenvalue weighted by atomic mass is 35.5. The van der Waals surface area contributed by atoms with Gasteiger partial charge in [-0.15, -0.1) is 0 Å². The largest absolute Gasteiger partial charge is 0.337 e. The molecule has 0 fully saturated rings. The lowest BCUT2D eigenvalue weighted by molar-refractivity contribution is 0.496. The van der Waals surface area contributed by atoms with E-state index in [0.717, 1.165) is 12.5 Å². The van der Waals surface area contributed by atoms with Crippen LogP contribution in [0.25, 0.3) is 0 Å². The summed E-state index contributed by atoms with van der Waals surface area (Å²) in [5.74, 6) is -3.04. The van der Waals surface area contributed by atoms with Gasteiger partial charge in [0.2, 0.25) is 0 Å². The van der Waals surface area contributed by atoms with Crippen molar-refractivity contribution >= 4 is 23.1 Å². The van der Waals surface area contributed by atoms with Crippen LogP contribution < -0.4 is 5.32 Å². The van der Waals surface area contributed by atoms with Gasteiger partial charge in [-0.25, -0.2) is 23.1 Å². The first-order valence-electron chi connectivity index (χ1n) is 5.93. The molecule has 7 heteroatoms. The monoisotopic (exact) mass is 301 g/mol. The maximum absolute atomic E-state index is 13.6. The minimum atomic E-state index is -1.25. The highest BCUT2D eigenvalue weighted by molar-refractivity contribution is 6.30. The summed E-state index contributed by atoms with van der Waals surface area (Å²) >= 11 is 5.95. The minimum Gasteiger partial charge on any atom is -0.337 e. The Hall–Kier alpha value is -1.82. The van der Waals surface area contributed by atoms with Gasteiger partial charge in [-0.05, 0) is 6.42 Å². The molecule has 0 aliphatic carbocycles. The van der Waals surface area contributed by atoms with Gasteiger partial charge in [-0.2, -0.15) is 0 Å². The normalized spacial score (nSPS) is 10.7. The summed E-state index contributed by atoms with van der Waals surface area (Å²) in [6, 6.07) is 1.20. The van der Waals surface area contributed by atoms with Gasteiger partial charge in [-0.1, -0.05) is 24.9 Å². The molecule has 0 radical (unpaired) electrons. The van der Waals surface area contributed by atoms with E-state index in [2.05, 4.69) is 15.3 Å². The Kier molecular flexibility index (Phi) is 4.44. The zero-order valence-electron chi connectivity index (χ0n) is 10.6. The summed E-state index contributed by atoms with van der Waals surface area (Å²) in [6.45, 7) is 1.94. The summed E-state index contributed by atoms with van der Waals surface area (Å²) < 4.78 is 39.6. The average molecular weight is 302 g/mol. The molecule has 1 N–H and O–H groups in total. The molecule has 0 aliphatic rings. The van der Waals surface area contributed by atoms with E-state index in [1.54, 1.807) is 0 Å². The van der Waals surface area contributed by atoms with Crippen LogP contribution in [-0.4, -0.2) is 9.97 Å². The number of anilines is 2. The molecule has 0 unspecified atom stereocenters. The molecule has 2 aromatic rings. The Balaban J connectivity index is 2.40. The Bertz CT molecular complexity index is 634. The molecule has 0 spiro atoms. The predicted octanol–water partition coefficient (Wildman–Crippen LogP) is 4.24. The molecule has 3 nitrogen and oxygen atoms in total. The van der Waals surface area contributed by atoms with E-state index < -0.39 is 17.5 Å². The second-order valence-corrected chi connectivity index (χ2v) is 4.47. The number of rotatable bonds is 4. The molecule has 2 rings (SSSR count). The Labute approximate surface area is 118 Å². The topological polar surface area (TPSA) is 37.8 Å². The van der Waals surface area contributed by atoms with Crippen LogP contribution >= 0.6 is 11.6 Å². The molecule has 106 valence electrons. The van der Waals surface area contributed by atoms with Gasteiger partial charge in [0, 0.05) is 17.7 Å². The summed E-state index contributed by atoms with van der Waals surface area (Å²) in [5, 5.41) is 2.86. The van der Waals surface area contributed by atoms with Crippen LogP contribution in [0.1, 0.15) is 18.9 Å². The molecule has 0 amide bonds. The van der Waals surface area contributed by atoms with Crippen molar-refractivity contribution in [2.45, 2.75) is 19.8 Å². The molecule has 0 aliphatic heterocycles. The quantitative estimate of drug-likeness (QED) is 0.678. The van der Waals surface area contributed by atoms with Gasteiger partial charge in [0.1, 0.15) is 23.1 Å². The van der Waals surface area contributed by atoms with Gasteiger partial charge in [-0.3, -0.25) is 0 Å². The summed E-state index contributed by atoms with van der Waals surface area (Å²) in [4.78, 5) is 7.80. The van der Waals surface area contributed by atoms with E-state index >= 15 is 0 Å². The third-order valence-electron chi connectivity index (χ3n) is 2.66. The van der Waals surface area contributed by atoms with Crippen LogP contribution in [0.3, 0.4) is 0 Å². The molecule has 0 saturated heterocycles. The molecule has 1 heterocycles. The standard InChI is InChI=1S/C13H11ClF3N3/c1-2-3-7-12(14)18-6-19-13(7)20-11-5-9(16)8(15)4-10(11)17/h4-6H,2-3H2,1H3,(H,18,19,20). The lowest BCUT2D eigenvalue weighted by Gasteiger charge is -2.12. The van der Waals surface area contributed by atoms with E-state index in [9.17, 15) is 13.2 Å². The molecule has 1 aromatic carbocycles. The zero-order valence-corrected chi connectivity index (χ0v) is 11.3. The van der Waals surface area contributed by atoms with Crippen LogP contribution in [0.2, 0.25) is 5.15 Å². The van der Waals surface area contributed by atoms with E-state index in [1.807, 2.05) is 6.92 Å². The number of aromatic nitrogens is 2. The van der Waals surface area contributed by atoms with Crippen molar-refractivity contribution in [3.8, 4) is 0 Å². The van der Waals surface area contributed by atoms with Crippen molar-refractivity contribution in [3.63, 3.8) is 0 Å². The number of nitrogens with one attached hydrogen (secondary N) is 1. The first kappa shape index (κ1) is 14.6. The van der Waals surface area contributed by atoms with Crippen LogP contribution in [0, 0.1) is 17.5 Å². The first-order valence-corrected chi connectivity index (χ1v) is 6.31. The molecule has 1 aromatic heterocycles. The SMILES string of the molecule is CCCc1c(Cl)ncnc1Nc1cc(F)c(F)cc1F. The maximum atomic E-state index is 13.6. The van der Waals surface area contributed by atoms with Gasteiger partial charge in [0.25, 0.3) is 0 Å². The maximum Gasteiger partial charge on any atom is 0.161 e. The van der Waals surface area contributed by atoms with E-state index in [4.69, 9.17) is 11.6 Å². The second-order valence-electron chi connectivity index (χ2n) is 4.11. The lowest BCUT2D eigenvalue weighted by Crippen LogP contribution is -2.04. The lowest BCUT2D eigenvalue weighted by atomic mass is 10.2. The van der Waals surface area contributed by atoms with Crippen LogP contribution in [-0.2, 0) is 6.42 Å². The van der Waals surface area contributed by atoms with Crippen molar-refractivity contribution in [1.82, 2.24) is 9.97 Å². The highest BCUT2D eigenvalue weighted by Crippen LogP contribution is 2.27. The summed E-state index contributed by atoms with van der Waals surface area (Å²) in [5.41, 5.74) is 0.386. The number of hydrogen-bond acceptors (Lipinski definition) is 3. The highest BCUT2D eigenvalue weighted by Gasteiger charge is 2.14. The number of benzene rings is 1. The van der Waals surface area contributed by atoms with Crippen molar-refractivity contribution in [1.29, 1.82) is 0 Å². The molecule has 0 atom stereocenters. The second kappa shape index (κ2) is 6.09. The fourth-order valence-corrected chi connectivity index (χ4v) is 1.94. The van der Waals surface area contributed by atoms with Gasteiger partial charge >= 0.3 is 0 Å². The molecule has 20 heavy (non-hydrogen) atoms. The summed E-state index contributed by atoms with van der Waals surface area (Å²) in [7, 11) is 0. The fourth-order valence-electron chi connectivity index (χ4n) is 1.72. The minimum absolute atomic E-state index is 0.212. The van der Waals surface area contributed by atoms with E-state index in [1.165, 1.54) is 6.33 Å². The first-order chi connectivity index (χ1) is 9.52. The average Bonchev–Trinajstić information content (AvgIpc) is 2.40. The number of hydrogen-bond donors (Lipinski definition) is 1. The van der Waals surface area contributed by atoms with Crippen molar-refractivity contribution in [2.75, 3.05) is 5.32 Å². The third kappa shape index (κ3) is 3.01. The van der Waals surface area contributed by atoms with Crippen molar-refractivity contribution < 1.29 is 13.2 Å². The fraction of sp³-hybridized carbons (Fsp3) is 0.231. The molecular formula is C13H11ClF3N3. The summed E-state index contributed by atoms with van der Waals surface area (Å²) in [6.07, 6.45) is 2.57. The molecule has 0 bridgehead atoms. The Morgan fingerprint density at radius 3 is 2.50 bits per heavy atom. The third-order valence-corrected chi connectivity index (χ3v) is 2.98. The van der Waals surface area contributed by atoms with E-state index in [-0.39, 0.29) is 16.7 Å². The van der Waals surface area contributed by atoms with Crippen LogP contribution in [0.15, 0.2) is 18.5 Å². The Morgan fingerprint density at radius 1 is 1.10 bits per heavy atom. The van der Waals surface area contributed by atoms with Gasteiger partial charge < -0.3 is 5.32 Å². The molecular weight excluding hydrogens is 291 g/mol. The van der Waals surface area contributed by atoms with E-state index in [0.29, 0.717) is 18.1 Å². The van der Waals surface area contributed by atoms with Crippen LogP contribution in [0.5, 0.6) is 0 Å². The number of nitrogens with zero attached hydrogens (tertiary/aromatic N) is 2. The number of halogens is 4.